The van der Waals surface area contributed by atoms with Gasteiger partial charge in [0.05, 0.1) is 0 Å². The lowest BCUT2D eigenvalue weighted by molar-refractivity contribution is 0.0859. The van der Waals surface area contributed by atoms with Crippen LogP contribution in [0.2, 0.25) is 0 Å². The van der Waals surface area contributed by atoms with Crippen molar-refractivity contribution < 1.29 is 4.79 Å². The van der Waals surface area contributed by atoms with E-state index >= 15 is 0 Å². The van der Waals surface area contributed by atoms with Crippen LogP contribution >= 0.6 is 0 Å². The van der Waals surface area contributed by atoms with Crippen molar-refractivity contribution in [2.75, 3.05) is 19.6 Å². The van der Waals surface area contributed by atoms with Crippen molar-refractivity contribution in [1.29, 1.82) is 0 Å². The zero-order chi connectivity index (χ0) is 17.0. The fraction of sp³-hybridized carbons (Fsp3) is 0.778. The van der Waals surface area contributed by atoms with E-state index in [0.717, 1.165) is 24.7 Å². The average Bonchev–Trinajstić information content (AvgIpc) is 2.99. The third kappa shape index (κ3) is 4.80. The molecule has 0 aliphatic carbocycles. The minimum atomic E-state index is -0.0795. The average molecular weight is 320 g/mol. The SMILES string of the molecule is CC1CCN(C(CNC(=O)c2cc(C(C)C)[nH]n2)C(C)C)CC1. The van der Waals surface area contributed by atoms with E-state index in [9.17, 15) is 4.79 Å². The van der Waals surface area contributed by atoms with E-state index in [2.05, 4.69) is 55.0 Å². The van der Waals surface area contributed by atoms with E-state index in [0.29, 0.717) is 30.1 Å². The number of rotatable bonds is 6. The second kappa shape index (κ2) is 7.95. The number of nitrogens with zero attached hydrogens (tertiary/aromatic N) is 2. The van der Waals surface area contributed by atoms with Gasteiger partial charge in [-0.3, -0.25) is 14.8 Å². The van der Waals surface area contributed by atoms with Crippen LogP contribution in [0.3, 0.4) is 0 Å². The summed E-state index contributed by atoms with van der Waals surface area (Å²) in [4.78, 5) is 14.9. The lowest BCUT2D eigenvalue weighted by Gasteiger charge is -2.38. The van der Waals surface area contributed by atoms with Gasteiger partial charge in [-0.15, -0.1) is 0 Å². The van der Waals surface area contributed by atoms with Gasteiger partial charge in [-0.05, 0) is 49.8 Å². The van der Waals surface area contributed by atoms with Crippen molar-refractivity contribution in [3.63, 3.8) is 0 Å². The number of aromatic amines is 1. The molecule has 1 aliphatic heterocycles. The van der Waals surface area contributed by atoms with Gasteiger partial charge in [-0.25, -0.2) is 0 Å². The number of H-pyrrole nitrogens is 1. The molecular formula is C18H32N4O. The molecule has 5 nitrogen and oxygen atoms in total. The summed E-state index contributed by atoms with van der Waals surface area (Å²) in [6.07, 6.45) is 2.52. The summed E-state index contributed by atoms with van der Waals surface area (Å²) in [7, 11) is 0. The standard InChI is InChI=1S/C18H32N4O/c1-12(2)15-10-16(21-20-15)18(23)19-11-17(13(3)4)22-8-6-14(5)7-9-22/h10,12-14,17H,6-9,11H2,1-5H3,(H,19,23)(H,20,21). The predicted molar refractivity (Wildman–Crippen MR) is 93.6 cm³/mol. The van der Waals surface area contributed by atoms with E-state index in [1.165, 1.54) is 12.8 Å². The summed E-state index contributed by atoms with van der Waals surface area (Å²) in [5.41, 5.74) is 1.49. The van der Waals surface area contributed by atoms with Crippen LogP contribution in [-0.4, -0.2) is 46.7 Å². The molecule has 1 unspecified atom stereocenters. The highest BCUT2D eigenvalue weighted by atomic mass is 16.1. The summed E-state index contributed by atoms with van der Waals surface area (Å²) in [5, 5.41) is 10.2. The third-order valence-corrected chi connectivity index (χ3v) is 4.98. The maximum atomic E-state index is 12.3. The molecule has 0 radical (unpaired) electrons. The Hall–Kier alpha value is -1.36. The second-order valence-electron chi connectivity index (χ2n) is 7.60. The third-order valence-electron chi connectivity index (χ3n) is 4.98. The topological polar surface area (TPSA) is 61.0 Å². The van der Waals surface area contributed by atoms with Gasteiger partial charge in [0.15, 0.2) is 0 Å². The molecule has 1 amide bonds. The van der Waals surface area contributed by atoms with E-state index in [1.807, 2.05) is 6.07 Å². The maximum absolute atomic E-state index is 12.3. The van der Waals surface area contributed by atoms with Gasteiger partial charge in [0.1, 0.15) is 5.69 Å². The number of piperidine rings is 1. The second-order valence-corrected chi connectivity index (χ2v) is 7.60. The van der Waals surface area contributed by atoms with Gasteiger partial charge in [-0.1, -0.05) is 34.6 Å². The molecule has 0 aromatic carbocycles. The number of aromatic nitrogens is 2. The molecule has 1 aliphatic rings. The van der Waals surface area contributed by atoms with Crippen molar-refractivity contribution in [1.82, 2.24) is 20.4 Å². The number of carbonyl (C=O) groups excluding carboxylic acids is 1. The maximum Gasteiger partial charge on any atom is 0.271 e. The molecule has 0 spiro atoms. The molecule has 0 saturated carbocycles. The van der Waals surface area contributed by atoms with Crippen LogP contribution < -0.4 is 5.32 Å². The molecule has 0 bridgehead atoms. The number of amides is 1. The summed E-state index contributed by atoms with van der Waals surface area (Å²) < 4.78 is 0. The van der Waals surface area contributed by atoms with Gasteiger partial charge in [-0.2, -0.15) is 5.10 Å². The number of carbonyl (C=O) groups is 1. The Morgan fingerprint density at radius 2 is 2.00 bits per heavy atom. The highest BCUT2D eigenvalue weighted by Crippen LogP contribution is 2.21. The van der Waals surface area contributed by atoms with Gasteiger partial charge >= 0.3 is 0 Å². The highest BCUT2D eigenvalue weighted by Gasteiger charge is 2.26. The summed E-state index contributed by atoms with van der Waals surface area (Å²) in [6.45, 7) is 13.9. The molecule has 2 N–H and O–H groups in total. The Kier molecular flexibility index (Phi) is 6.22. The fourth-order valence-corrected chi connectivity index (χ4v) is 3.18. The van der Waals surface area contributed by atoms with Crippen LogP contribution in [0.1, 0.15) is 69.6 Å². The normalized spacial score (nSPS) is 18.6. The Bertz CT molecular complexity index is 501. The lowest BCUT2D eigenvalue weighted by atomic mass is 9.94. The first-order valence-electron chi connectivity index (χ1n) is 8.96. The molecule has 5 heteroatoms. The van der Waals surface area contributed by atoms with Crippen molar-refractivity contribution in [2.45, 2.75) is 59.4 Å². The Morgan fingerprint density at radius 3 is 2.52 bits per heavy atom. The van der Waals surface area contributed by atoms with Crippen LogP contribution in [0.25, 0.3) is 0 Å². The van der Waals surface area contributed by atoms with E-state index < -0.39 is 0 Å². The van der Waals surface area contributed by atoms with Crippen LogP contribution in [0.5, 0.6) is 0 Å². The molecule has 1 aromatic heterocycles. The van der Waals surface area contributed by atoms with Crippen LogP contribution in [0.4, 0.5) is 0 Å². The van der Waals surface area contributed by atoms with Gasteiger partial charge < -0.3 is 5.32 Å². The minimum absolute atomic E-state index is 0.0795. The quantitative estimate of drug-likeness (QED) is 0.847. The summed E-state index contributed by atoms with van der Waals surface area (Å²) >= 11 is 0. The molecule has 2 heterocycles. The summed E-state index contributed by atoms with van der Waals surface area (Å²) in [5.74, 6) is 1.62. The first kappa shape index (κ1) is 18.0. The van der Waals surface area contributed by atoms with Crippen LogP contribution in [0.15, 0.2) is 6.07 Å². The monoisotopic (exact) mass is 320 g/mol. The molecule has 1 saturated heterocycles. The molecule has 1 aromatic rings. The molecule has 130 valence electrons. The molecule has 1 atom stereocenters. The first-order valence-corrected chi connectivity index (χ1v) is 8.96. The zero-order valence-electron chi connectivity index (χ0n) is 15.2. The zero-order valence-corrected chi connectivity index (χ0v) is 15.2. The number of likely N-dealkylation sites (tertiary alicyclic amines) is 1. The van der Waals surface area contributed by atoms with Crippen LogP contribution in [0, 0.1) is 11.8 Å². The lowest BCUT2D eigenvalue weighted by Crippen LogP contribution is -2.49. The Balaban J connectivity index is 1.91. The van der Waals surface area contributed by atoms with Gasteiger partial charge in [0.25, 0.3) is 5.91 Å². The van der Waals surface area contributed by atoms with Crippen molar-refractivity contribution in [2.24, 2.45) is 11.8 Å². The van der Waals surface area contributed by atoms with Gasteiger partial charge in [0.2, 0.25) is 0 Å². The number of hydrogen-bond donors (Lipinski definition) is 2. The molecule has 23 heavy (non-hydrogen) atoms. The first-order chi connectivity index (χ1) is 10.9. The Labute approximate surface area is 140 Å². The summed E-state index contributed by atoms with van der Waals surface area (Å²) in [6, 6.07) is 2.25. The number of nitrogens with one attached hydrogen (secondary N) is 2. The number of hydrogen-bond acceptors (Lipinski definition) is 3. The fourth-order valence-electron chi connectivity index (χ4n) is 3.18. The van der Waals surface area contributed by atoms with E-state index in [-0.39, 0.29) is 5.91 Å². The molecular weight excluding hydrogens is 288 g/mol. The van der Waals surface area contributed by atoms with Crippen LogP contribution in [-0.2, 0) is 0 Å². The highest BCUT2D eigenvalue weighted by molar-refractivity contribution is 5.92. The Morgan fingerprint density at radius 1 is 1.35 bits per heavy atom. The van der Waals surface area contributed by atoms with E-state index in [1.54, 1.807) is 0 Å². The van der Waals surface area contributed by atoms with Crippen molar-refractivity contribution >= 4 is 5.91 Å². The van der Waals surface area contributed by atoms with E-state index in [4.69, 9.17) is 0 Å². The predicted octanol–water partition coefficient (Wildman–Crippen LogP) is 3.02. The van der Waals surface area contributed by atoms with Crippen molar-refractivity contribution in [3.8, 4) is 0 Å². The molecule has 2 rings (SSSR count). The minimum Gasteiger partial charge on any atom is -0.349 e. The van der Waals surface area contributed by atoms with Gasteiger partial charge in [0, 0.05) is 18.3 Å². The largest absolute Gasteiger partial charge is 0.349 e. The van der Waals surface area contributed by atoms with Crippen molar-refractivity contribution in [3.05, 3.63) is 17.5 Å². The molecule has 1 fully saturated rings. The smallest absolute Gasteiger partial charge is 0.271 e.